The van der Waals surface area contributed by atoms with Crippen molar-refractivity contribution in [2.45, 2.75) is 19.9 Å². The van der Waals surface area contributed by atoms with E-state index in [4.69, 9.17) is 11.6 Å². The van der Waals surface area contributed by atoms with Crippen LogP contribution in [0.5, 0.6) is 0 Å². The van der Waals surface area contributed by atoms with Crippen molar-refractivity contribution in [3.8, 4) is 0 Å². The Morgan fingerprint density at radius 3 is 2.79 bits per heavy atom. The van der Waals surface area contributed by atoms with Crippen molar-refractivity contribution in [3.05, 3.63) is 34.3 Å². The highest BCUT2D eigenvalue weighted by Gasteiger charge is 2.12. The molecule has 0 unspecified atom stereocenters. The van der Waals surface area contributed by atoms with E-state index in [1.165, 1.54) is 25.1 Å². The summed E-state index contributed by atoms with van der Waals surface area (Å²) in [5.74, 6) is 0. The number of hydrazine groups is 1. The highest BCUT2D eigenvalue weighted by molar-refractivity contribution is 6.31. The Morgan fingerprint density at radius 1 is 1.43 bits per heavy atom. The summed E-state index contributed by atoms with van der Waals surface area (Å²) in [5.41, 5.74) is 5.81. The number of hydrogen-bond donors (Lipinski definition) is 1. The van der Waals surface area contributed by atoms with Gasteiger partial charge < -0.3 is 0 Å². The first kappa shape index (κ1) is 9.97. The van der Waals surface area contributed by atoms with E-state index in [-0.39, 0.29) is 0 Å². The van der Waals surface area contributed by atoms with Gasteiger partial charge in [0, 0.05) is 24.7 Å². The third-order valence-electron chi connectivity index (χ3n) is 2.59. The molecule has 1 aliphatic rings. The molecule has 1 aromatic rings. The molecule has 0 aromatic heterocycles. The van der Waals surface area contributed by atoms with Gasteiger partial charge in [0.15, 0.2) is 0 Å². The number of benzene rings is 1. The van der Waals surface area contributed by atoms with Crippen molar-refractivity contribution >= 4 is 11.6 Å². The summed E-state index contributed by atoms with van der Waals surface area (Å²) in [6.45, 7) is 5.28. The summed E-state index contributed by atoms with van der Waals surface area (Å²) in [4.78, 5) is 0. The SMILES string of the molecule is Cc1cc(CNN2CCC2)ccc1Cl. The molecule has 1 fully saturated rings. The van der Waals surface area contributed by atoms with Crippen LogP contribution >= 0.6 is 11.6 Å². The fourth-order valence-corrected chi connectivity index (χ4v) is 1.61. The number of nitrogens with zero attached hydrogens (tertiary/aromatic N) is 1. The average Bonchev–Trinajstić information content (AvgIpc) is 2.08. The molecule has 76 valence electrons. The lowest BCUT2D eigenvalue weighted by Gasteiger charge is -2.31. The highest BCUT2D eigenvalue weighted by atomic mass is 35.5. The standard InChI is InChI=1S/C11H15ClN2/c1-9-7-10(3-4-11(9)12)8-13-14-5-2-6-14/h3-4,7,13H,2,5-6,8H2,1H3. The van der Waals surface area contributed by atoms with E-state index in [1.807, 2.05) is 13.0 Å². The second-order valence-corrected chi connectivity index (χ2v) is 4.17. The molecule has 1 heterocycles. The molecule has 0 bridgehead atoms. The van der Waals surface area contributed by atoms with Crippen LogP contribution in [0.3, 0.4) is 0 Å². The van der Waals surface area contributed by atoms with E-state index in [0.717, 1.165) is 17.1 Å². The lowest BCUT2D eigenvalue weighted by Crippen LogP contribution is -2.46. The minimum atomic E-state index is 0.845. The Labute approximate surface area is 89.8 Å². The van der Waals surface area contributed by atoms with Crippen molar-refractivity contribution in [2.24, 2.45) is 0 Å². The van der Waals surface area contributed by atoms with Crippen LogP contribution in [0.2, 0.25) is 5.02 Å². The van der Waals surface area contributed by atoms with Gasteiger partial charge in [0.25, 0.3) is 0 Å². The Morgan fingerprint density at radius 2 is 2.21 bits per heavy atom. The Hall–Kier alpha value is -0.570. The normalized spacial score (nSPS) is 16.7. The summed E-state index contributed by atoms with van der Waals surface area (Å²) in [6, 6.07) is 6.17. The van der Waals surface area contributed by atoms with Crippen molar-refractivity contribution in [1.29, 1.82) is 0 Å². The largest absolute Gasteiger partial charge is 0.251 e. The van der Waals surface area contributed by atoms with E-state index in [0.29, 0.717) is 0 Å². The van der Waals surface area contributed by atoms with Crippen LogP contribution in [-0.4, -0.2) is 18.1 Å². The fraction of sp³-hybridized carbons (Fsp3) is 0.455. The average molecular weight is 211 g/mol. The number of hydrogen-bond acceptors (Lipinski definition) is 2. The van der Waals surface area contributed by atoms with Gasteiger partial charge in [0.1, 0.15) is 0 Å². The maximum Gasteiger partial charge on any atom is 0.0435 e. The number of halogens is 1. The quantitative estimate of drug-likeness (QED) is 0.824. The molecule has 0 aliphatic carbocycles. The third-order valence-corrected chi connectivity index (χ3v) is 3.01. The zero-order valence-corrected chi connectivity index (χ0v) is 9.14. The molecular formula is C11H15ClN2. The van der Waals surface area contributed by atoms with Crippen LogP contribution in [0.1, 0.15) is 17.5 Å². The topological polar surface area (TPSA) is 15.3 Å². The Balaban J connectivity index is 1.91. The van der Waals surface area contributed by atoms with E-state index >= 15 is 0 Å². The maximum absolute atomic E-state index is 5.95. The van der Waals surface area contributed by atoms with Crippen LogP contribution in [0.25, 0.3) is 0 Å². The first-order valence-corrected chi connectivity index (χ1v) is 5.37. The van der Waals surface area contributed by atoms with Crippen LogP contribution in [0.4, 0.5) is 0 Å². The molecule has 1 saturated heterocycles. The van der Waals surface area contributed by atoms with Gasteiger partial charge in [0.05, 0.1) is 0 Å². The monoisotopic (exact) mass is 210 g/mol. The maximum atomic E-state index is 5.95. The second-order valence-electron chi connectivity index (χ2n) is 3.76. The van der Waals surface area contributed by atoms with Gasteiger partial charge in [-0.15, -0.1) is 0 Å². The highest BCUT2D eigenvalue weighted by Crippen LogP contribution is 2.16. The van der Waals surface area contributed by atoms with Gasteiger partial charge in [0.2, 0.25) is 0 Å². The summed E-state index contributed by atoms with van der Waals surface area (Å²) in [6.07, 6.45) is 1.31. The van der Waals surface area contributed by atoms with Gasteiger partial charge in [-0.1, -0.05) is 23.7 Å². The van der Waals surface area contributed by atoms with Crippen molar-refractivity contribution < 1.29 is 0 Å². The summed E-state index contributed by atoms with van der Waals surface area (Å²) in [7, 11) is 0. The van der Waals surface area contributed by atoms with E-state index in [2.05, 4.69) is 22.6 Å². The van der Waals surface area contributed by atoms with E-state index < -0.39 is 0 Å². The second kappa shape index (κ2) is 4.30. The van der Waals surface area contributed by atoms with Gasteiger partial charge >= 0.3 is 0 Å². The van der Waals surface area contributed by atoms with Gasteiger partial charge in [-0.05, 0) is 30.5 Å². The van der Waals surface area contributed by atoms with Crippen LogP contribution in [-0.2, 0) is 6.54 Å². The molecule has 1 aliphatic heterocycles. The molecule has 0 amide bonds. The van der Waals surface area contributed by atoms with Crippen LogP contribution < -0.4 is 5.43 Å². The van der Waals surface area contributed by atoms with E-state index in [9.17, 15) is 0 Å². The number of nitrogens with one attached hydrogen (secondary N) is 1. The van der Waals surface area contributed by atoms with Crippen LogP contribution in [0.15, 0.2) is 18.2 Å². The van der Waals surface area contributed by atoms with Gasteiger partial charge in [-0.25, -0.2) is 5.01 Å². The Kier molecular flexibility index (Phi) is 3.06. The zero-order chi connectivity index (χ0) is 9.97. The summed E-state index contributed by atoms with van der Waals surface area (Å²) in [5, 5.41) is 3.09. The summed E-state index contributed by atoms with van der Waals surface area (Å²) < 4.78 is 0. The summed E-state index contributed by atoms with van der Waals surface area (Å²) >= 11 is 5.95. The molecule has 0 radical (unpaired) electrons. The number of rotatable bonds is 3. The first-order chi connectivity index (χ1) is 6.75. The molecule has 3 heteroatoms. The molecule has 2 nitrogen and oxygen atoms in total. The van der Waals surface area contributed by atoms with E-state index in [1.54, 1.807) is 0 Å². The predicted octanol–water partition coefficient (Wildman–Crippen LogP) is 2.36. The Bertz CT molecular complexity index is 321. The smallest absolute Gasteiger partial charge is 0.0435 e. The molecule has 0 spiro atoms. The minimum Gasteiger partial charge on any atom is -0.251 e. The first-order valence-electron chi connectivity index (χ1n) is 4.99. The van der Waals surface area contributed by atoms with Gasteiger partial charge in [-0.3, -0.25) is 5.43 Å². The molecule has 1 N–H and O–H groups in total. The lowest BCUT2D eigenvalue weighted by atomic mass is 10.1. The fourth-order valence-electron chi connectivity index (χ4n) is 1.49. The van der Waals surface area contributed by atoms with Crippen molar-refractivity contribution in [3.63, 3.8) is 0 Å². The predicted molar refractivity (Wildman–Crippen MR) is 59.2 cm³/mol. The molecule has 14 heavy (non-hydrogen) atoms. The van der Waals surface area contributed by atoms with Crippen molar-refractivity contribution in [1.82, 2.24) is 10.4 Å². The molecule has 0 atom stereocenters. The van der Waals surface area contributed by atoms with Crippen molar-refractivity contribution in [2.75, 3.05) is 13.1 Å². The number of aryl methyl sites for hydroxylation is 1. The van der Waals surface area contributed by atoms with Crippen LogP contribution in [0, 0.1) is 6.92 Å². The third kappa shape index (κ3) is 2.27. The molecular weight excluding hydrogens is 196 g/mol. The lowest BCUT2D eigenvalue weighted by molar-refractivity contribution is 0.105. The molecule has 2 rings (SSSR count). The molecule has 1 aromatic carbocycles. The zero-order valence-electron chi connectivity index (χ0n) is 8.39. The molecule has 0 saturated carbocycles. The minimum absolute atomic E-state index is 0.845. The van der Waals surface area contributed by atoms with Gasteiger partial charge in [-0.2, -0.15) is 0 Å².